The van der Waals surface area contributed by atoms with Crippen molar-refractivity contribution < 1.29 is 18.1 Å². The molecule has 2 aromatic rings. The van der Waals surface area contributed by atoms with Crippen LogP contribution in [-0.4, -0.2) is 26.4 Å². The van der Waals surface area contributed by atoms with Gasteiger partial charge in [0.1, 0.15) is 16.4 Å². The van der Waals surface area contributed by atoms with Crippen molar-refractivity contribution in [3.8, 4) is 11.5 Å². The molecule has 3 rings (SSSR count). The van der Waals surface area contributed by atoms with Crippen LogP contribution in [0.5, 0.6) is 11.5 Å². The van der Waals surface area contributed by atoms with Gasteiger partial charge in [0.25, 0.3) is 5.69 Å². The maximum atomic E-state index is 12.1. The van der Waals surface area contributed by atoms with Crippen LogP contribution in [0.15, 0.2) is 47.4 Å². The molecule has 120 valence electrons. The zero-order valence-corrected chi connectivity index (χ0v) is 12.7. The van der Waals surface area contributed by atoms with Crippen molar-refractivity contribution in [2.24, 2.45) is 0 Å². The molecule has 0 aromatic heterocycles. The number of fused-ring (bicyclic) bond motifs is 1. The summed E-state index contributed by atoms with van der Waals surface area (Å²) in [5.41, 5.74) is 0.460. The summed E-state index contributed by atoms with van der Waals surface area (Å²) in [6.07, 6.45) is 0. The van der Waals surface area contributed by atoms with Gasteiger partial charge in [-0.2, -0.15) is 0 Å². The Morgan fingerprint density at radius 1 is 1.04 bits per heavy atom. The number of hydrogen-bond acceptors (Lipinski definition) is 6. The second-order valence-corrected chi connectivity index (χ2v) is 6.57. The molecule has 0 saturated carbocycles. The number of nitrogens with one attached hydrogen (secondary N) is 2. The van der Waals surface area contributed by atoms with Crippen molar-refractivity contribution in [3.05, 3.63) is 52.6 Å². The van der Waals surface area contributed by atoms with Crippen LogP contribution in [0.25, 0.3) is 0 Å². The Labute approximate surface area is 132 Å². The summed E-state index contributed by atoms with van der Waals surface area (Å²) in [6, 6.07) is 10.2. The summed E-state index contributed by atoms with van der Waals surface area (Å²) in [5, 5.41) is 13.6. The van der Waals surface area contributed by atoms with Crippen LogP contribution in [0.2, 0.25) is 0 Å². The van der Waals surface area contributed by atoms with Crippen LogP contribution >= 0.6 is 0 Å². The molecule has 23 heavy (non-hydrogen) atoms. The van der Waals surface area contributed by atoms with E-state index in [4.69, 9.17) is 4.74 Å². The third-order valence-corrected chi connectivity index (χ3v) is 4.76. The van der Waals surface area contributed by atoms with Crippen molar-refractivity contribution >= 4 is 21.4 Å². The maximum Gasteiger partial charge on any atom is 0.269 e. The average molecular weight is 335 g/mol. The largest absolute Gasteiger partial charge is 0.457 e. The number of nitrogens with zero attached hydrogens (tertiary/aromatic N) is 1. The molecule has 0 spiro atoms. The number of nitro benzene ring substituents is 1. The molecule has 0 fully saturated rings. The number of benzene rings is 2. The fourth-order valence-electron chi connectivity index (χ4n) is 2.17. The monoisotopic (exact) mass is 335 g/mol. The minimum absolute atomic E-state index is 0.0461. The first-order valence-corrected chi connectivity index (χ1v) is 8.24. The lowest BCUT2D eigenvalue weighted by Gasteiger charge is -2.10. The molecule has 9 heteroatoms. The first-order valence-electron chi connectivity index (χ1n) is 6.76. The van der Waals surface area contributed by atoms with E-state index in [0.717, 1.165) is 0 Å². The van der Waals surface area contributed by atoms with E-state index < -0.39 is 14.9 Å². The minimum Gasteiger partial charge on any atom is -0.457 e. The third kappa shape index (κ3) is 3.25. The summed E-state index contributed by atoms with van der Waals surface area (Å²) in [6.45, 7) is 0.796. The molecular weight excluding hydrogens is 322 g/mol. The number of nitro groups is 1. The normalized spacial score (nSPS) is 15.8. The number of sulfonamides is 1. The Morgan fingerprint density at radius 3 is 2.43 bits per heavy atom. The van der Waals surface area contributed by atoms with Crippen LogP contribution in [-0.2, 0) is 10.0 Å². The first-order chi connectivity index (χ1) is 11.0. The van der Waals surface area contributed by atoms with Gasteiger partial charge in [-0.1, -0.05) is 0 Å². The lowest BCUT2D eigenvalue weighted by molar-refractivity contribution is -0.384. The Morgan fingerprint density at radius 2 is 1.74 bits per heavy atom. The summed E-state index contributed by atoms with van der Waals surface area (Å²) >= 11 is 0. The smallest absolute Gasteiger partial charge is 0.269 e. The SMILES string of the molecule is O=[N+]([O-])c1ccc(Oc2ccc3c(c2)S(=O)(=O)NCCN3)cc1. The van der Waals surface area contributed by atoms with E-state index in [-0.39, 0.29) is 10.6 Å². The van der Waals surface area contributed by atoms with E-state index in [1.165, 1.54) is 30.3 Å². The predicted octanol–water partition coefficient (Wildman–Crippen LogP) is 2.09. The molecule has 0 atom stereocenters. The zero-order chi connectivity index (χ0) is 16.4. The molecule has 0 unspecified atom stereocenters. The van der Waals surface area contributed by atoms with Gasteiger partial charge in [-0.15, -0.1) is 0 Å². The van der Waals surface area contributed by atoms with E-state index in [2.05, 4.69) is 10.0 Å². The molecule has 1 aliphatic rings. The number of rotatable bonds is 3. The van der Waals surface area contributed by atoms with E-state index >= 15 is 0 Å². The van der Waals surface area contributed by atoms with Gasteiger partial charge in [-0.25, -0.2) is 13.1 Å². The fraction of sp³-hybridized carbons (Fsp3) is 0.143. The van der Waals surface area contributed by atoms with Gasteiger partial charge in [0.05, 0.1) is 10.6 Å². The van der Waals surface area contributed by atoms with Crippen LogP contribution < -0.4 is 14.8 Å². The number of anilines is 1. The van der Waals surface area contributed by atoms with Crippen LogP contribution in [0.1, 0.15) is 0 Å². The van der Waals surface area contributed by atoms with Crippen molar-refractivity contribution in [1.29, 1.82) is 0 Å². The Hall–Kier alpha value is -2.65. The van der Waals surface area contributed by atoms with Crippen molar-refractivity contribution in [1.82, 2.24) is 4.72 Å². The van der Waals surface area contributed by atoms with Crippen LogP contribution in [0.3, 0.4) is 0 Å². The van der Waals surface area contributed by atoms with Crippen LogP contribution in [0.4, 0.5) is 11.4 Å². The molecule has 0 aliphatic carbocycles. The highest BCUT2D eigenvalue weighted by Gasteiger charge is 2.22. The molecule has 1 aliphatic heterocycles. The quantitative estimate of drug-likeness (QED) is 0.656. The van der Waals surface area contributed by atoms with Crippen molar-refractivity contribution in [3.63, 3.8) is 0 Å². The zero-order valence-electron chi connectivity index (χ0n) is 11.9. The Balaban J connectivity index is 1.90. The van der Waals surface area contributed by atoms with Gasteiger partial charge >= 0.3 is 0 Å². The average Bonchev–Trinajstić information content (AvgIpc) is 2.67. The highest BCUT2D eigenvalue weighted by Crippen LogP contribution is 2.30. The Bertz CT molecular complexity index is 849. The number of ether oxygens (including phenoxy) is 1. The summed E-state index contributed by atoms with van der Waals surface area (Å²) in [4.78, 5) is 10.2. The molecular formula is C14H13N3O5S. The molecule has 8 nitrogen and oxygen atoms in total. The topological polar surface area (TPSA) is 111 Å². The van der Waals surface area contributed by atoms with E-state index in [9.17, 15) is 18.5 Å². The van der Waals surface area contributed by atoms with Crippen molar-refractivity contribution in [2.45, 2.75) is 4.90 Å². The maximum absolute atomic E-state index is 12.1. The molecule has 0 amide bonds. The number of non-ortho nitro benzene ring substituents is 1. The molecule has 1 heterocycles. The van der Waals surface area contributed by atoms with E-state index in [1.807, 2.05) is 0 Å². The Kier molecular flexibility index (Phi) is 3.89. The predicted molar refractivity (Wildman–Crippen MR) is 83.3 cm³/mol. The highest BCUT2D eigenvalue weighted by molar-refractivity contribution is 7.89. The molecule has 0 radical (unpaired) electrons. The minimum atomic E-state index is -3.59. The molecule has 0 bridgehead atoms. The first kappa shape index (κ1) is 15.3. The van der Waals surface area contributed by atoms with Gasteiger partial charge < -0.3 is 10.1 Å². The fourth-order valence-corrected chi connectivity index (χ4v) is 3.39. The van der Waals surface area contributed by atoms with E-state index in [0.29, 0.717) is 30.3 Å². The summed E-state index contributed by atoms with van der Waals surface area (Å²) < 4.78 is 32.3. The van der Waals surface area contributed by atoms with Gasteiger partial charge in [0, 0.05) is 31.3 Å². The van der Waals surface area contributed by atoms with Crippen molar-refractivity contribution in [2.75, 3.05) is 18.4 Å². The standard InChI is InChI=1S/C14H13N3O5S/c18-17(19)10-1-3-11(4-2-10)22-12-5-6-13-14(9-12)23(20,21)16-8-7-15-13/h1-6,9,15-16H,7-8H2. The lowest BCUT2D eigenvalue weighted by Crippen LogP contribution is -2.25. The van der Waals surface area contributed by atoms with Gasteiger partial charge in [0.15, 0.2) is 0 Å². The lowest BCUT2D eigenvalue weighted by atomic mass is 10.3. The number of hydrogen-bond donors (Lipinski definition) is 2. The highest BCUT2D eigenvalue weighted by atomic mass is 32.2. The van der Waals surface area contributed by atoms with Gasteiger partial charge in [-0.3, -0.25) is 10.1 Å². The third-order valence-electron chi connectivity index (χ3n) is 3.26. The molecule has 2 N–H and O–H groups in total. The van der Waals surface area contributed by atoms with Gasteiger partial charge in [0.2, 0.25) is 10.0 Å². The van der Waals surface area contributed by atoms with Crippen LogP contribution in [0, 0.1) is 10.1 Å². The second-order valence-electron chi connectivity index (χ2n) is 4.84. The summed E-state index contributed by atoms with van der Waals surface area (Å²) in [5.74, 6) is 0.703. The van der Waals surface area contributed by atoms with Gasteiger partial charge in [-0.05, 0) is 24.3 Å². The summed E-state index contributed by atoms with van der Waals surface area (Å²) in [7, 11) is -3.59. The van der Waals surface area contributed by atoms with E-state index in [1.54, 1.807) is 12.1 Å². The molecule has 2 aromatic carbocycles. The molecule has 0 saturated heterocycles. The second kappa shape index (κ2) is 5.86.